The minimum atomic E-state index is -0.781. The molecule has 1 rings (SSSR count). The van der Waals surface area contributed by atoms with Gasteiger partial charge in [0.05, 0.1) is 18.4 Å². The maximum atomic E-state index is 11.5. The Morgan fingerprint density at radius 3 is 2.81 bits per heavy atom. The maximum Gasteiger partial charge on any atom is 0.339 e. The van der Waals surface area contributed by atoms with Crippen LogP contribution in [0, 0.1) is 11.3 Å². The zero-order chi connectivity index (χ0) is 12.1. The van der Waals surface area contributed by atoms with Crippen LogP contribution in [0.2, 0.25) is 0 Å². The molecule has 16 heavy (non-hydrogen) atoms. The van der Waals surface area contributed by atoms with Gasteiger partial charge in [-0.3, -0.25) is 0 Å². The van der Waals surface area contributed by atoms with Crippen LogP contribution < -0.4 is 10.5 Å². The number of esters is 1. The van der Waals surface area contributed by atoms with Crippen molar-refractivity contribution in [1.82, 2.24) is 0 Å². The predicted molar refractivity (Wildman–Crippen MR) is 57.9 cm³/mol. The first kappa shape index (κ1) is 11.9. The minimum Gasteiger partial charge on any atom is -0.495 e. The smallest absolute Gasteiger partial charge is 0.339 e. The second-order valence-electron chi connectivity index (χ2n) is 3.13. The highest BCUT2D eigenvalue weighted by Crippen LogP contribution is 2.22. The Kier molecular flexibility index (Phi) is 3.72. The van der Waals surface area contributed by atoms with Gasteiger partial charge in [-0.15, -0.1) is 0 Å². The molecule has 0 aliphatic carbocycles. The second kappa shape index (κ2) is 5.03. The van der Waals surface area contributed by atoms with Crippen molar-refractivity contribution in [3.05, 3.63) is 23.8 Å². The SMILES string of the molecule is COc1cc(C(=O)OC(C)C#N)ccc1N. The van der Waals surface area contributed by atoms with Gasteiger partial charge in [-0.05, 0) is 25.1 Å². The Morgan fingerprint density at radius 2 is 2.25 bits per heavy atom. The van der Waals surface area contributed by atoms with Crippen molar-refractivity contribution in [2.45, 2.75) is 13.0 Å². The molecule has 2 N–H and O–H groups in total. The van der Waals surface area contributed by atoms with Crippen molar-refractivity contribution < 1.29 is 14.3 Å². The summed E-state index contributed by atoms with van der Waals surface area (Å²) >= 11 is 0. The van der Waals surface area contributed by atoms with Crippen LogP contribution in [0.4, 0.5) is 5.69 Å². The van der Waals surface area contributed by atoms with Gasteiger partial charge in [-0.1, -0.05) is 0 Å². The number of hydrogen-bond acceptors (Lipinski definition) is 5. The van der Waals surface area contributed by atoms with Crippen LogP contribution in [-0.2, 0) is 4.74 Å². The highest BCUT2D eigenvalue weighted by molar-refractivity contribution is 5.90. The molecule has 0 saturated heterocycles. The van der Waals surface area contributed by atoms with Crippen molar-refractivity contribution in [2.75, 3.05) is 12.8 Å². The Hall–Kier alpha value is -2.22. The third kappa shape index (κ3) is 2.64. The lowest BCUT2D eigenvalue weighted by Crippen LogP contribution is -2.13. The highest BCUT2D eigenvalue weighted by atomic mass is 16.5. The van der Waals surface area contributed by atoms with E-state index in [9.17, 15) is 4.79 Å². The predicted octanol–water partition coefficient (Wildman–Crippen LogP) is 1.35. The summed E-state index contributed by atoms with van der Waals surface area (Å²) in [6, 6.07) is 6.35. The molecule has 0 spiro atoms. The quantitative estimate of drug-likeness (QED) is 0.613. The highest BCUT2D eigenvalue weighted by Gasteiger charge is 2.13. The van der Waals surface area contributed by atoms with Crippen molar-refractivity contribution in [2.24, 2.45) is 0 Å². The minimum absolute atomic E-state index is 0.299. The van der Waals surface area contributed by atoms with Gasteiger partial charge in [0, 0.05) is 0 Å². The first-order chi connectivity index (χ1) is 7.58. The number of ether oxygens (including phenoxy) is 2. The zero-order valence-corrected chi connectivity index (χ0v) is 9.06. The van der Waals surface area contributed by atoms with Crippen LogP contribution in [0.25, 0.3) is 0 Å². The Balaban J connectivity index is 2.89. The van der Waals surface area contributed by atoms with E-state index in [1.54, 1.807) is 12.1 Å². The molecular formula is C11H12N2O3. The molecule has 1 aromatic carbocycles. The lowest BCUT2D eigenvalue weighted by molar-refractivity contribution is 0.0435. The molecule has 1 atom stereocenters. The fourth-order valence-electron chi connectivity index (χ4n) is 1.09. The number of nitrogen functional groups attached to an aromatic ring is 1. The fraction of sp³-hybridized carbons (Fsp3) is 0.273. The summed E-state index contributed by atoms with van der Waals surface area (Å²) < 4.78 is 9.80. The molecule has 0 fully saturated rings. The number of methoxy groups -OCH3 is 1. The number of rotatable bonds is 3. The van der Waals surface area contributed by atoms with Crippen molar-refractivity contribution in [1.29, 1.82) is 5.26 Å². The topological polar surface area (TPSA) is 85.3 Å². The molecule has 5 nitrogen and oxygen atoms in total. The number of carbonyl (C=O) groups excluding carboxylic acids is 1. The van der Waals surface area contributed by atoms with Crippen LogP contribution in [0.5, 0.6) is 5.75 Å². The number of nitrogens with zero attached hydrogens (tertiary/aromatic N) is 1. The summed E-state index contributed by atoms with van der Waals surface area (Å²) in [6.07, 6.45) is -0.781. The van der Waals surface area contributed by atoms with Gasteiger partial charge >= 0.3 is 5.97 Å². The summed E-state index contributed by atoms with van der Waals surface area (Å²) in [5, 5.41) is 8.50. The summed E-state index contributed by atoms with van der Waals surface area (Å²) in [7, 11) is 1.46. The number of nitriles is 1. The number of anilines is 1. The zero-order valence-electron chi connectivity index (χ0n) is 9.06. The molecule has 0 amide bonds. The van der Waals surface area contributed by atoms with Gasteiger partial charge in [0.2, 0.25) is 0 Å². The van der Waals surface area contributed by atoms with E-state index >= 15 is 0 Å². The lowest BCUT2D eigenvalue weighted by atomic mass is 10.2. The van der Waals surface area contributed by atoms with Gasteiger partial charge in [0.25, 0.3) is 0 Å². The van der Waals surface area contributed by atoms with E-state index in [4.69, 9.17) is 20.5 Å². The summed E-state index contributed by atoms with van der Waals surface area (Å²) in [4.78, 5) is 11.5. The number of carbonyl (C=O) groups is 1. The molecule has 0 aliphatic heterocycles. The number of benzene rings is 1. The largest absolute Gasteiger partial charge is 0.495 e. The average molecular weight is 220 g/mol. The Labute approximate surface area is 93.4 Å². The molecule has 0 aliphatic rings. The summed E-state index contributed by atoms with van der Waals surface area (Å²) in [6.45, 7) is 1.49. The third-order valence-corrected chi connectivity index (χ3v) is 1.93. The van der Waals surface area contributed by atoms with Gasteiger partial charge in [-0.2, -0.15) is 5.26 Å². The molecule has 0 heterocycles. The molecule has 0 saturated carbocycles. The third-order valence-electron chi connectivity index (χ3n) is 1.93. The van der Waals surface area contributed by atoms with Crippen LogP contribution in [0.3, 0.4) is 0 Å². The molecule has 0 radical (unpaired) electrons. The molecule has 84 valence electrons. The molecule has 1 aromatic rings. The molecule has 0 aromatic heterocycles. The summed E-state index contributed by atoms with van der Waals surface area (Å²) in [5.74, 6) is -0.175. The first-order valence-corrected chi connectivity index (χ1v) is 4.62. The Morgan fingerprint density at radius 1 is 1.56 bits per heavy atom. The van der Waals surface area contributed by atoms with E-state index in [1.807, 2.05) is 0 Å². The lowest BCUT2D eigenvalue weighted by Gasteiger charge is -2.08. The Bertz CT molecular complexity index is 437. The molecule has 0 bridgehead atoms. The monoisotopic (exact) mass is 220 g/mol. The van der Waals surface area contributed by atoms with Crippen LogP contribution in [0.1, 0.15) is 17.3 Å². The van der Waals surface area contributed by atoms with E-state index < -0.39 is 12.1 Å². The number of hydrogen-bond donors (Lipinski definition) is 1. The molecular weight excluding hydrogens is 208 g/mol. The summed E-state index contributed by atoms with van der Waals surface area (Å²) in [5.41, 5.74) is 6.33. The normalized spacial score (nSPS) is 11.3. The van der Waals surface area contributed by atoms with Gasteiger partial charge in [0.1, 0.15) is 11.8 Å². The molecule has 5 heteroatoms. The van der Waals surface area contributed by atoms with Gasteiger partial charge < -0.3 is 15.2 Å². The van der Waals surface area contributed by atoms with E-state index in [0.29, 0.717) is 17.0 Å². The van der Waals surface area contributed by atoms with Gasteiger partial charge in [0.15, 0.2) is 6.10 Å². The number of nitrogens with two attached hydrogens (primary N) is 1. The van der Waals surface area contributed by atoms with E-state index in [0.717, 1.165) is 0 Å². The van der Waals surface area contributed by atoms with Crippen LogP contribution in [0.15, 0.2) is 18.2 Å². The van der Waals surface area contributed by atoms with E-state index in [1.165, 1.54) is 26.2 Å². The van der Waals surface area contributed by atoms with Crippen molar-refractivity contribution >= 4 is 11.7 Å². The van der Waals surface area contributed by atoms with E-state index in [-0.39, 0.29) is 0 Å². The molecule has 1 unspecified atom stereocenters. The first-order valence-electron chi connectivity index (χ1n) is 4.62. The van der Waals surface area contributed by atoms with Crippen molar-refractivity contribution in [3.63, 3.8) is 0 Å². The van der Waals surface area contributed by atoms with Gasteiger partial charge in [-0.25, -0.2) is 4.79 Å². The fourth-order valence-corrected chi connectivity index (χ4v) is 1.09. The van der Waals surface area contributed by atoms with Crippen molar-refractivity contribution in [3.8, 4) is 11.8 Å². The second-order valence-corrected chi connectivity index (χ2v) is 3.13. The van der Waals surface area contributed by atoms with E-state index in [2.05, 4.69) is 0 Å². The van der Waals surface area contributed by atoms with Crippen LogP contribution in [-0.4, -0.2) is 19.2 Å². The standard InChI is InChI=1S/C11H12N2O3/c1-7(6-12)16-11(14)8-3-4-9(13)10(5-8)15-2/h3-5,7H,13H2,1-2H3. The maximum absolute atomic E-state index is 11.5. The average Bonchev–Trinajstić information content (AvgIpc) is 2.29. The van der Waals surface area contributed by atoms with Crippen LogP contribution >= 0.6 is 0 Å².